The van der Waals surface area contributed by atoms with Gasteiger partial charge in [0.2, 0.25) is 0 Å². The molecule has 1 saturated heterocycles. The van der Waals surface area contributed by atoms with Crippen LogP contribution in [0.25, 0.3) is 0 Å². The summed E-state index contributed by atoms with van der Waals surface area (Å²) in [5.74, 6) is -2.25. The highest BCUT2D eigenvalue weighted by atomic mass is 16.7. The zero-order chi connectivity index (χ0) is 20.5. The summed E-state index contributed by atoms with van der Waals surface area (Å²) in [7, 11) is 0. The van der Waals surface area contributed by atoms with Crippen LogP contribution in [0, 0.1) is 0 Å². The first-order valence-corrected chi connectivity index (χ1v) is 8.50. The SMILES string of the molecule is CC(=O)OC[C@@H]1OC[C@](OC(C)=O)(N2C=N[C@@H]3C(=O)NC=N[C@H]32)[C@H]1OC(C)=O. The molecule has 3 aliphatic heterocycles. The number of carbonyl (C=O) groups excluding carboxylic acids is 4. The average Bonchev–Trinajstić information content (AvgIpc) is 3.16. The first-order chi connectivity index (χ1) is 13.2. The number of carbonyl (C=O) groups is 4. The summed E-state index contributed by atoms with van der Waals surface area (Å²) in [4.78, 5) is 56.6. The van der Waals surface area contributed by atoms with Crippen molar-refractivity contribution >= 4 is 36.5 Å². The number of rotatable bonds is 5. The van der Waals surface area contributed by atoms with Crippen LogP contribution >= 0.6 is 0 Å². The van der Waals surface area contributed by atoms with Gasteiger partial charge in [-0.3, -0.25) is 29.1 Å². The molecular formula is C16H20N4O8. The van der Waals surface area contributed by atoms with Crippen molar-refractivity contribution < 1.29 is 38.1 Å². The molecule has 0 aromatic carbocycles. The van der Waals surface area contributed by atoms with Gasteiger partial charge in [-0.2, -0.15) is 0 Å². The Bertz CT molecular complexity index is 753. The third-order valence-electron chi connectivity index (χ3n) is 4.41. The lowest BCUT2D eigenvalue weighted by molar-refractivity contribution is -0.205. The van der Waals surface area contributed by atoms with E-state index in [2.05, 4.69) is 15.3 Å². The Labute approximate surface area is 159 Å². The number of fused-ring (bicyclic) bond motifs is 1. The minimum Gasteiger partial charge on any atom is -0.463 e. The Morgan fingerprint density at radius 1 is 1.25 bits per heavy atom. The Kier molecular flexibility index (Phi) is 5.31. The van der Waals surface area contributed by atoms with E-state index >= 15 is 0 Å². The number of amides is 1. The molecule has 0 spiro atoms. The predicted molar refractivity (Wildman–Crippen MR) is 91.0 cm³/mol. The second-order valence-electron chi connectivity index (χ2n) is 6.44. The van der Waals surface area contributed by atoms with Gasteiger partial charge in [-0.15, -0.1) is 0 Å². The summed E-state index contributed by atoms with van der Waals surface area (Å²) in [6.07, 6.45) is -0.337. The first-order valence-electron chi connectivity index (χ1n) is 8.50. The molecule has 12 heteroatoms. The van der Waals surface area contributed by atoms with Crippen molar-refractivity contribution in [1.29, 1.82) is 0 Å². The van der Waals surface area contributed by atoms with Gasteiger partial charge in [0.15, 0.2) is 18.3 Å². The van der Waals surface area contributed by atoms with Gasteiger partial charge in [-0.05, 0) is 0 Å². The summed E-state index contributed by atoms with van der Waals surface area (Å²) in [6, 6.07) is -0.858. The highest BCUT2D eigenvalue weighted by Gasteiger charge is 2.62. The molecule has 0 unspecified atom stereocenters. The number of hydrogen-bond acceptors (Lipinski definition) is 11. The molecule has 0 aromatic heterocycles. The summed E-state index contributed by atoms with van der Waals surface area (Å²) in [6.45, 7) is 3.16. The lowest BCUT2D eigenvalue weighted by atomic mass is 10.0. The zero-order valence-electron chi connectivity index (χ0n) is 15.5. The summed E-state index contributed by atoms with van der Waals surface area (Å²) >= 11 is 0. The standard InChI is InChI=1S/C16H20N4O8/c1-8(21)25-4-11-13(27-9(2)22)16(5-26-11,28-10(3)23)20-7-19-12-14(20)17-6-18-15(12)24/h6-7,11-14H,4-5H2,1-3H3,(H,17,18,24)/t11-,12-,13-,14-,16+/m0/s1. The molecule has 0 radical (unpaired) electrons. The van der Waals surface area contributed by atoms with Crippen LogP contribution in [-0.4, -0.2) is 84.7 Å². The van der Waals surface area contributed by atoms with Crippen molar-refractivity contribution in [2.45, 2.75) is 50.9 Å². The van der Waals surface area contributed by atoms with Gasteiger partial charge in [-0.25, -0.2) is 4.99 Å². The molecule has 0 aromatic rings. The minimum absolute atomic E-state index is 0.219. The molecule has 3 rings (SSSR count). The predicted octanol–water partition coefficient (Wildman–Crippen LogP) is -1.66. The quantitative estimate of drug-likeness (QED) is 0.426. The number of ether oxygens (including phenoxy) is 4. The van der Waals surface area contributed by atoms with E-state index in [-0.39, 0.29) is 19.1 Å². The normalized spacial score (nSPS) is 33.2. The number of hydrogen-bond donors (Lipinski definition) is 1. The Hall–Kier alpha value is -3.02. The molecule has 28 heavy (non-hydrogen) atoms. The van der Waals surface area contributed by atoms with Crippen LogP contribution in [0.4, 0.5) is 0 Å². The van der Waals surface area contributed by atoms with Crippen molar-refractivity contribution in [3.63, 3.8) is 0 Å². The maximum atomic E-state index is 12.0. The monoisotopic (exact) mass is 396 g/mol. The third kappa shape index (κ3) is 3.54. The lowest BCUT2D eigenvalue weighted by Gasteiger charge is -2.42. The molecule has 1 fully saturated rings. The molecule has 1 amide bonds. The zero-order valence-corrected chi connectivity index (χ0v) is 15.5. The molecular weight excluding hydrogens is 376 g/mol. The van der Waals surface area contributed by atoms with Gasteiger partial charge in [0.05, 0.1) is 12.7 Å². The number of esters is 3. The van der Waals surface area contributed by atoms with Crippen LogP contribution < -0.4 is 5.32 Å². The molecule has 1 N–H and O–H groups in total. The molecule has 0 aliphatic carbocycles. The summed E-state index contributed by atoms with van der Waals surface area (Å²) in [5.41, 5.74) is -1.64. The Balaban J connectivity index is 1.98. The van der Waals surface area contributed by atoms with Crippen LogP contribution in [0.2, 0.25) is 0 Å². The topological polar surface area (TPSA) is 145 Å². The van der Waals surface area contributed by atoms with Crippen LogP contribution in [0.3, 0.4) is 0 Å². The average molecular weight is 396 g/mol. The highest BCUT2D eigenvalue weighted by Crippen LogP contribution is 2.38. The van der Waals surface area contributed by atoms with Gasteiger partial charge in [-0.1, -0.05) is 0 Å². The van der Waals surface area contributed by atoms with E-state index in [4.69, 9.17) is 18.9 Å². The molecule has 0 saturated carbocycles. The van der Waals surface area contributed by atoms with E-state index in [1.165, 1.54) is 38.3 Å². The third-order valence-corrected chi connectivity index (χ3v) is 4.41. The fourth-order valence-corrected chi connectivity index (χ4v) is 3.36. The molecule has 152 valence electrons. The fraction of sp³-hybridized carbons (Fsp3) is 0.625. The van der Waals surface area contributed by atoms with Gasteiger partial charge in [0, 0.05) is 20.8 Å². The smallest absolute Gasteiger partial charge is 0.304 e. The molecule has 3 heterocycles. The van der Waals surface area contributed by atoms with Gasteiger partial charge < -0.3 is 24.3 Å². The van der Waals surface area contributed by atoms with Crippen molar-refractivity contribution in [2.75, 3.05) is 13.2 Å². The number of nitrogens with one attached hydrogen (secondary N) is 1. The number of aliphatic imine (C=N–C) groups is 2. The number of nitrogens with zero attached hydrogens (tertiary/aromatic N) is 3. The van der Waals surface area contributed by atoms with Gasteiger partial charge in [0.25, 0.3) is 11.6 Å². The second-order valence-corrected chi connectivity index (χ2v) is 6.44. The molecule has 0 bridgehead atoms. The maximum Gasteiger partial charge on any atom is 0.304 e. The van der Waals surface area contributed by atoms with Gasteiger partial charge in [0.1, 0.15) is 19.3 Å². The van der Waals surface area contributed by atoms with Crippen LogP contribution in [0.5, 0.6) is 0 Å². The largest absolute Gasteiger partial charge is 0.463 e. The molecule has 5 atom stereocenters. The van der Waals surface area contributed by atoms with Crippen LogP contribution in [-0.2, 0) is 38.1 Å². The van der Waals surface area contributed by atoms with E-state index in [0.717, 1.165) is 0 Å². The molecule has 12 nitrogen and oxygen atoms in total. The lowest BCUT2D eigenvalue weighted by Crippen LogP contribution is -2.65. The van der Waals surface area contributed by atoms with Crippen LogP contribution in [0.1, 0.15) is 20.8 Å². The highest BCUT2D eigenvalue weighted by molar-refractivity contribution is 5.96. The van der Waals surface area contributed by atoms with E-state index < -0.39 is 48.0 Å². The van der Waals surface area contributed by atoms with Crippen LogP contribution in [0.15, 0.2) is 9.98 Å². The fourth-order valence-electron chi connectivity index (χ4n) is 3.36. The second kappa shape index (κ2) is 7.54. The Morgan fingerprint density at radius 2 is 2.00 bits per heavy atom. The minimum atomic E-state index is -1.64. The summed E-state index contributed by atoms with van der Waals surface area (Å²) < 4.78 is 21.6. The maximum absolute atomic E-state index is 12.0. The first kappa shape index (κ1) is 19.7. The van der Waals surface area contributed by atoms with Crippen molar-refractivity contribution in [1.82, 2.24) is 10.2 Å². The Morgan fingerprint density at radius 3 is 2.64 bits per heavy atom. The van der Waals surface area contributed by atoms with E-state index in [0.29, 0.717) is 0 Å². The van der Waals surface area contributed by atoms with Gasteiger partial charge >= 0.3 is 17.9 Å². The van der Waals surface area contributed by atoms with Crippen molar-refractivity contribution in [2.24, 2.45) is 9.98 Å². The molecule has 3 aliphatic rings. The van der Waals surface area contributed by atoms with E-state index in [1.54, 1.807) is 0 Å². The van der Waals surface area contributed by atoms with Crippen molar-refractivity contribution in [3.05, 3.63) is 0 Å². The van der Waals surface area contributed by atoms with Crippen molar-refractivity contribution in [3.8, 4) is 0 Å². The van der Waals surface area contributed by atoms with E-state index in [9.17, 15) is 19.2 Å². The van der Waals surface area contributed by atoms with E-state index in [1.807, 2.05) is 0 Å². The summed E-state index contributed by atoms with van der Waals surface area (Å²) in [5, 5.41) is 2.45.